The molecule has 3 aliphatic rings. The van der Waals surface area contributed by atoms with Crippen LogP contribution in [0.2, 0.25) is 5.02 Å². The van der Waals surface area contributed by atoms with Crippen LogP contribution in [0.25, 0.3) is 11.0 Å². The molecule has 19 nitrogen and oxygen atoms in total. The third-order valence-corrected chi connectivity index (χ3v) is 12.2. The fourth-order valence-electron chi connectivity index (χ4n) is 6.95. The van der Waals surface area contributed by atoms with Crippen molar-refractivity contribution < 1.29 is 61.4 Å². The summed E-state index contributed by atoms with van der Waals surface area (Å²) in [6.45, 7) is -0.0101. The van der Waals surface area contributed by atoms with Crippen molar-refractivity contribution in [2.75, 3.05) is 26.2 Å². The van der Waals surface area contributed by atoms with Gasteiger partial charge in [-0.3, -0.25) is 4.79 Å². The number of nitrogens with one attached hydrogen (secondary N) is 3. The Balaban J connectivity index is 1.06. The quantitative estimate of drug-likeness (QED) is 0.0983. The van der Waals surface area contributed by atoms with E-state index in [9.17, 15) is 56.7 Å². The summed E-state index contributed by atoms with van der Waals surface area (Å²) in [6, 6.07) is 2.57. The minimum absolute atomic E-state index is 0.0241. The van der Waals surface area contributed by atoms with E-state index in [1.807, 2.05) is 0 Å². The number of imide groups is 1. The number of urea groups is 2. The highest BCUT2D eigenvalue weighted by atomic mass is 35.5. The summed E-state index contributed by atoms with van der Waals surface area (Å²) in [5.41, 5.74) is -0.457. The molecule has 3 aromatic carbocycles. The Bertz CT molecular complexity index is 2400. The SMILES string of the molecule is O=C(O)c1c(F)ccc2c1OB(O)[C@@H](NC(=O)[C@H](NC(=O)N1CCN(C3CCN(S(=O)(=O)c4ccc5n[nH]nc5c4)CC3)C1=O)c1cc(F)c(O)c(O)c1Cl)C2. The fraction of sp³-hybridized carbons (Fsp3) is 0.312. The molecule has 24 heteroatoms. The van der Waals surface area contributed by atoms with Gasteiger partial charge in [-0.05, 0) is 55.2 Å². The summed E-state index contributed by atoms with van der Waals surface area (Å²) in [7, 11) is -5.86. The predicted octanol–water partition coefficient (Wildman–Crippen LogP) is 1.48. The number of halogens is 3. The normalized spacial score (nSPS) is 18.5. The lowest BCUT2D eigenvalue weighted by molar-refractivity contribution is -0.123. The third-order valence-electron chi connectivity index (χ3n) is 9.86. The molecule has 7 rings (SSSR count). The average molecular weight is 819 g/mol. The highest BCUT2D eigenvalue weighted by Gasteiger charge is 2.43. The molecular weight excluding hydrogens is 789 g/mol. The number of hydrogen-bond donors (Lipinski definition) is 7. The van der Waals surface area contributed by atoms with Gasteiger partial charge in [-0.2, -0.15) is 19.7 Å². The number of piperidine rings is 1. The zero-order valence-electron chi connectivity index (χ0n) is 28.6. The molecule has 0 aliphatic carbocycles. The molecule has 0 radical (unpaired) electrons. The number of hydrogen-bond acceptors (Lipinski definition) is 12. The Kier molecular flexibility index (Phi) is 10.1. The molecule has 0 spiro atoms. The van der Waals surface area contributed by atoms with Crippen LogP contribution >= 0.6 is 11.6 Å². The topological polar surface area (TPSA) is 268 Å². The molecule has 2 atom stereocenters. The predicted molar refractivity (Wildman–Crippen MR) is 188 cm³/mol. The Morgan fingerprint density at radius 2 is 1.71 bits per heavy atom. The van der Waals surface area contributed by atoms with Gasteiger partial charge < -0.3 is 40.5 Å². The van der Waals surface area contributed by atoms with E-state index in [1.54, 1.807) is 0 Å². The zero-order chi connectivity index (χ0) is 40.2. The number of nitrogens with zero attached hydrogens (tertiary/aromatic N) is 5. The maximum Gasteiger partial charge on any atom is 0.547 e. The number of carboxylic acids is 1. The lowest BCUT2D eigenvalue weighted by Gasteiger charge is -2.35. The molecule has 2 saturated heterocycles. The molecule has 294 valence electrons. The highest BCUT2D eigenvalue weighted by molar-refractivity contribution is 7.89. The van der Waals surface area contributed by atoms with E-state index in [2.05, 4.69) is 26.0 Å². The monoisotopic (exact) mass is 818 g/mol. The lowest BCUT2D eigenvalue weighted by atomic mass is 9.72. The van der Waals surface area contributed by atoms with Gasteiger partial charge in [0, 0.05) is 37.8 Å². The number of amides is 5. The Morgan fingerprint density at radius 3 is 2.43 bits per heavy atom. The van der Waals surface area contributed by atoms with E-state index in [4.69, 9.17) is 16.3 Å². The van der Waals surface area contributed by atoms with Gasteiger partial charge in [0.1, 0.15) is 34.2 Å². The smallest absolute Gasteiger partial charge is 0.534 e. The number of carbonyl (C=O) groups is 4. The van der Waals surface area contributed by atoms with Crippen molar-refractivity contribution in [3.8, 4) is 17.2 Å². The summed E-state index contributed by atoms with van der Waals surface area (Å²) < 4.78 is 62.2. The molecule has 0 bridgehead atoms. The molecule has 0 saturated carbocycles. The number of aromatic nitrogens is 3. The van der Waals surface area contributed by atoms with Crippen LogP contribution in [0.4, 0.5) is 18.4 Å². The van der Waals surface area contributed by atoms with Crippen molar-refractivity contribution in [3.05, 3.63) is 69.7 Å². The number of sulfonamides is 1. The Hall–Kier alpha value is -5.78. The van der Waals surface area contributed by atoms with E-state index < -0.39 is 104 Å². The van der Waals surface area contributed by atoms with Gasteiger partial charge in [-0.1, -0.05) is 17.7 Å². The van der Waals surface area contributed by atoms with Gasteiger partial charge in [0.2, 0.25) is 15.9 Å². The second-order valence-electron chi connectivity index (χ2n) is 13.1. The largest absolute Gasteiger partial charge is 0.547 e. The number of phenols is 2. The van der Waals surface area contributed by atoms with E-state index in [0.29, 0.717) is 17.1 Å². The summed E-state index contributed by atoms with van der Waals surface area (Å²) in [5, 5.41) is 54.5. The first-order chi connectivity index (χ1) is 26.6. The number of aromatic amines is 1. The molecule has 2 fully saturated rings. The molecule has 0 unspecified atom stereocenters. The van der Waals surface area contributed by atoms with Gasteiger partial charge in [-0.15, -0.1) is 0 Å². The number of fused-ring (bicyclic) bond motifs is 2. The van der Waals surface area contributed by atoms with E-state index in [0.717, 1.165) is 11.0 Å². The van der Waals surface area contributed by atoms with Crippen LogP contribution in [-0.2, 0) is 21.2 Å². The first kappa shape index (κ1) is 38.5. The van der Waals surface area contributed by atoms with Crippen LogP contribution in [-0.4, -0.2) is 127 Å². The molecule has 5 amide bonds. The number of rotatable bonds is 8. The second kappa shape index (κ2) is 14.7. The zero-order valence-corrected chi connectivity index (χ0v) is 30.2. The van der Waals surface area contributed by atoms with Crippen LogP contribution in [0.3, 0.4) is 0 Å². The minimum Gasteiger partial charge on any atom is -0.534 e. The molecule has 56 heavy (non-hydrogen) atoms. The minimum atomic E-state index is -3.91. The maximum atomic E-state index is 14.7. The van der Waals surface area contributed by atoms with Crippen LogP contribution in [0, 0.1) is 11.6 Å². The molecule has 3 aliphatic heterocycles. The molecule has 1 aromatic heterocycles. The van der Waals surface area contributed by atoms with Crippen molar-refractivity contribution in [3.63, 3.8) is 0 Å². The van der Waals surface area contributed by atoms with Crippen molar-refractivity contribution >= 4 is 63.7 Å². The van der Waals surface area contributed by atoms with Gasteiger partial charge in [0.05, 0.1) is 15.9 Å². The lowest BCUT2D eigenvalue weighted by Crippen LogP contribution is -2.56. The number of benzene rings is 3. The number of carbonyl (C=O) groups excluding carboxylic acids is 3. The molecule has 4 aromatic rings. The number of aromatic carboxylic acids is 1. The summed E-state index contributed by atoms with van der Waals surface area (Å²) >= 11 is 6.19. The van der Waals surface area contributed by atoms with Crippen molar-refractivity contribution in [1.29, 1.82) is 0 Å². The van der Waals surface area contributed by atoms with Crippen molar-refractivity contribution in [2.45, 2.75) is 42.2 Å². The van der Waals surface area contributed by atoms with Gasteiger partial charge in [-0.25, -0.2) is 36.5 Å². The summed E-state index contributed by atoms with van der Waals surface area (Å²) in [6.07, 6.45) is 0.159. The maximum absolute atomic E-state index is 14.7. The highest BCUT2D eigenvalue weighted by Crippen LogP contribution is 2.41. The number of carboxylic acid groups (broad SMARTS) is 1. The van der Waals surface area contributed by atoms with Gasteiger partial charge >= 0.3 is 25.1 Å². The average Bonchev–Trinajstić information content (AvgIpc) is 3.81. The van der Waals surface area contributed by atoms with Gasteiger partial charge in [0.25, 0.3) is 0 Å². The number of H-pyrrole nitrogens is 1. The number of aromatic hydroxyl groups is 2. The first-order valence-corrected chi connectivity index (χ1v) is 18.7. The van der Waals surface area contributed by atoms with Crippen LogP contribution < -0.4 is 15.3 Å². The van der Waals surface area contributed by atoms with E-state index in [1.165, 1.54) is 33.5 Å². The Labute approximate surface area is 320 Å². The van der Waals surface area contributed by atoms with E-state index in [-0.39, 0.29) is 55.9 Å². The number of phenolic OH excluding ortho intramolecular Hbond substituents is 2. The molecule has 4 heterocycles. The summed E-state index contributed by atoms with van der Waals surface area (Å²) in [5.74, 6) is -9.66. The second-order valence-corrected chi connectivity index (χ2v) is 15.4. The van der Waals surface area contributed by atoms with E-state index >= 15 is 0 Å². The van der Waals surface area contributed by atoms with Crippen LogP contribution in [0.5, 0.6) is 17.2 Å². The van der Waals surface area contributed by atoms with Crippen molar-refractivity contribution in [1.82, 2.24) is 40.1 Å². The molecular formula is C32H30BClF2N8O11S. The third kappa shape index (κ3) is 6.86. The summed E-state index contributed by atoms with van der Waals surface area (Å²) in [4.78, 5) is 54.9. The first-order valence-electron chi connectivity index (χ1n) is 16.9. The van der Waals surface area contributed by atoms with Crippen LogP contribution in [0.15, 0.2) is 41.3 Å². The molecule has 7 N–H and O–H groups in total. The van der Waals surface area contributed by atoms with Crippen molar-refractivity contribution in [2.24, 2.45) is 0 Å². The van der Waals surface area contributed by atoms with Gasteiger partial charge in [0.15, 0.2) is 17.3 Å². The standard InChI is InChI=1S/C32H30BClF2N8O11S/c34-24-17(13-19(36)26(45)27(24)46)25(29(47)37-22-11-14-1-3-18(35)23(30(48)49)28(14)55-33(22)52)38-31(50)44-10-9-43(32(44)51)15-5-7-42(8-6-15)56(53,54)16-2-4-20-21(12-16)40-41-39-20/h1-4,12-13,15,22,25,45-46,52H,5-11H2,(H,37,47)(H,38,50)(H,48,49)(H,39,40,41)/t22-,25+/m0/s1. The fourth-order valence-corrected chi connectivity index (χ4v) is 8.69. The van der Waals surface area contributed by atoms with Crippen LogP contribution in [0.1, 0.15) is 40.4 Å². The Morgan fingerprint density at radius 1 is 1.00 bits per heavy atom.